The molecule has 0 aliphatic heterocycles. The second-order valence-corrected chi connectivity index (χ2v) is 5.45. The third-order valence-corrected chi connectivity index (χ3v) is 3.26. The molecule has 0 saturated carbocycles. The zero-order valence-corrected chi connectivity index (χ0v) is 15.1. The third kappa shape index (κ3) is 7.82. The number of rotatable bonds is 9. The summed E-state index contributed by atoms with van der Waals surface area (Å²) in [6, 6.07) is 8.12. The molecule has 7 heteroatoms. The number of aliphatic imine (C=N–C) groups is 1. The Balaban J connectivity index is 2.54. The smallest absolute Gasteiger partial charge is 0.241 e. The lowest BCUT2D eigenvalue weighted by molar-refractivity contribution is -0.127. The molecule has 3 N–H and O–H groups in total. The molecule has 24 heavy (non-hydrogen) atoms. The van der Waals surface area contributed by atoms with Crippen LogP contribution in [0.3, 0.4) is 0 Å². The Labute approximate surface area is 144 Å². The minimum atomic E-state index is 0.00656. The number of benzene rings is 1. The molecule has 1 aromatic rings. The highest BCUT2D eigenvalue weighted by molar-refractivity contribution is 5.86. The molecule has 0 saturated heterocycles. The largest absolute Gasteiger partial charge is 0.383 e. The topological polar surface area (TPSA) is 78.0 Å². The van der Waals surface area contributed by atoms with Crippen molar-refractivity contribution in [2.24, 2.45) is 4.99 Å². The fraction of sp³-hybridized carbons (Fsp3) is 0.529. The Morgan fingerprint density at radius 2 is 1.92 bits per heavy atom. The Hall–Kier alpha value is -2.28. The van der Waals surface area contributed by atoms with Gasteiger partial charge in [-0.2, -0.15) is 0 Å². The van der Waals surface area contributed by atoms with Crippen molar-refractivity contribution in [1.82, 2.24) is 15.5 Å². The van der Waals surface area contributed by atoms with Crippen molar-refractivity contribution in [3.8, 4) is 0 Å². The van der Waals surface area contributed by atoms with Gasteiger partial charge >= 0.3 is 0 Å². The van der Waals surface area contributed by atoms with Crippen LogP contribution in [0.4, 0.5) is 5.69 Å². The number of guanidine groups is 1. The summed E-state index contributed by atoms with van der Waals surface area (Å²) in [5, 5.41) is 9.45. The van der Waals surface area contributed by atoms with Gasteiger partial charge in [0.05, 0.1) is 19.7 Å². The van der Waals surface area contributed by atoms with Gasteiger partial charge < -0.3 is 25.6 Å². The number of amides is 1. The quantitative estimate of drug-likeness (QED) is 0.355. The number of likely N-dealkylation sites (N-methyl/N-ethyl adjacent to an activating group) is 1. The molecule has 0 aliphatic carbocycles. The number of carbonyl (C=O) groups excluding carboxylic acids is 1. The lowest BCUT2D eigenvalue weighted by Gasteiger charge is -2.14. The van der Waals surface area contributed by atoms with Gasteiger partial charge in [-0.15, -0.1) is 0 Å². The van der Waals surface area contributed by atoms with E-state index in [2.05, 4.69) is 20.9 Å². The zero-order chi connectivity index (χ0) is 17.8. The number of methoxy groups -OCH3 is 1. The number of nitrogens with one attached hydrogen (secondary N) is 3. The highest BCUT2D eigenvalue weighted by Gasteiger charge is 2.05. The first-order chi connectivity index (χ1) is 11.6. The minimum Gasteiger partial charge on any atom is -0.383 e. The molecule has 0 aliphatic rings. The van der Waals surface area contributed by atoms with Crippen LogP contribution in [0.2, 0.25) is 0 Å². The van der Waals surface area contributed by atoms with Crippen LogP contribution in [0.25, 0.3) is 0 Å². The number of nitrogens with zero attached hydrogens (tertiary/aromatic N) is 2. The van der Waals surface area contributed by atoms with Crippen LogP contribution in [-0.4, -0.2) is 64.2 Å². The molecule has 0 unspecified atom stereocenters. The van der Waals surface area contributed by atoms with Crippen LogP contribution in [0.5, 0.6) is 0 Å². The SMILES string of the molecule is CCNC(=NCc1ccc(NCCOC)cc1)NCC(=O)N(C)C. The predicted octanol–water partition coefficient (Wildman–Crippen LogP) is 0.888. The molecule has 7 nitrogen and oxygen atoms in total. The van der Waals surface area contributed by atoms with E-state index in [-0.39, 0.29) is 12.5 Å². The first kappa shape index (κ1) is 19.8. The van der Waals surface area contributed by atoms with E-state index in [0.29, 0.717) is 19.1 Å². The molecule has 1 rings (SSSR count). The molecule has 0 heterocycles. The highest BCUT2D eigenvalue weighted by atomic mass is 16.5. The van der Waals surface area contributed by atoms with E-state index >= 15 is 0 Å². The van der Waals surface area contributed by atoms with E-state index < -0.39 is 0 Å². The van der Waals surface area contributed by atoms with Crippen molar-refractivity contribution in [2.45, 2.75) is 13.5 Å². The maximum atomic E-state index is 11.6. The summed E-state index contributed by atoms with van der Waals surface area (Å²) >= 11 is 0. The summed E-state index contributed by atoms with van der Waals surface area (Å²) in [5.74, 6) is 0.641. The van der Waals surface area contributed by atoms with Gasteiger partial charge in [0.15, 0.2) is 5.96 Å². The number of hydrogen-bond donors (Lipinski definition) is 3. The number of anilines is 1. The first-order valence-corrected chi connectivity index (χ1v) is 8.11. The first-order valence-electron chi connectivity index (χ1n) is 8.11. The predicted molar refractivity (Wildman–Crippen MR) is 98.3 cm³/mol. The van der Waals surface area contributed by atoms with E-state index in [1.165, 1.54) is 0 Å². The third-order valence-electron chi connectivity index (χ3n) is 3.26. The van der Waals surface area contributed by atoms with Gasteiger partial charge in [0, 0.05) is 40.0 Å². The summed E-state index contributed by atoms with van der Waals surface area (Å²) < 4.78 is 5.01. The number of carbonyl (C=O) groups is 1. The molecule has 0 bridgehead atoms. The van der Waals surface area contributed by atoms with Crippen LogP contribution in [0.15, 0.2) is 29.3 Å². The van der Waals surface area contributed by atoms with Gasteiger partial charge in [-0.3, -0.25) is 4.79 Å². The zero-order valence-electron chi connectivity index (χ0n) is 15.1. The summed E-state index contributed by atoms with van der Waals surface area (Å²) in [4.78, 5) is 17.7. The van der Waals surface area contributed by atoms with Crippen LogP contribution in [-0.2, 0) is 16.1 Å². The number of ether oxygens (including phenoxy) is 1. The molecule has 0 atom stereocenters. The molecular formula is C17H29N5O2. The molecule has 0 fully saturated rings. The Kier molecular flexibility index (Phi) is 9.29. The van der Waals surface area contributed by atoms with E-state index in [1.54, 1.807) is 26.1 Å². The average Bonchev–Trinajstić information content (AvgIpc) is 2.58. The van der Waals surface area contributed by atoms with Crippen molar-refractivity contribution in [2.75, 3.05) is 52.8 Å². The van der Waals surface area contributed by atoms with Gasteiger partial charge in [0.25, 0.3) is 0 Å². The summed E-state index contributed by atoms with van der Waals surface area (Å²) in [6.07, 6.45) is 0. The van der Waals surface area contributed by atoms with Gasteiger partial charge in [0.1, 0.15) is 0 Å². The van der Waals surface area contributed by atoms with Crippen LogP contribution in [0.1, 0.15) is 12.5 Å². The summed E-state index contributed by atoms with van der Waals surface area (Å²) in [6.45, 7) is 4.96. The Bertz CT molecular complexity index is 514. The van der Waals surface area contributed by atoms with Crippen molar-refractivity contribution >= 4 is 17.6 Å². The maximum absolute atomic E-state index is 11.6. The normalized spacial score (nSPS) is 11.1. The lowest BCUT2D eigenvalue weighted by atomic mass is 10.2. The maximum Gasteiger partial charge on any atom is 0.241 e. The van der Waals surface area contributed by atoms with Crippen LogP contribution >= 0.6 is 0 Å². The average molecular weight is 335 g/mol. The van der Waals surface area contributed by atoms with E-state index in [9.17, 15) is 4.79 Å². The second-order valence-electron chi connectivity index (χ2n) is 5.45. The molecular weight excluding hydrogens is 306 g/mol. The molecule has 1 aromatic carbocycles. The van der Waals surface area contributed by atoms with E-state index in [0.717, 1.165) is 24.3 Å². The highest BCUT2D eigenvalue weighted by Crippen LogP contribution is 2.10. The van der Waals surface area contributed by atoms with E-state index in [4.69, 9.17) is 4.74 Å². The van der Waals surface area contributed by atoms with E-state index in [1.807, 2.05) is 31.2 Å². The Morgan fingerprint density at radius 1 is 1.21 bits per heavy atom. The van der Waals surface area contributed by atoms with Crippen molar-refractivity contribution < 1.29 is 9.53 Å². The van der Waals surface area contributed by atoms with Gasteiger partial charge in [-0.25, -0.2) is 4.99 Å². The Morgan fingerprint density at radius 3 is 2.50 bits per heavy atom. The van der Waals surface area contributed by atoms with Crippen LogP contribution in [0, 0.1) is 0 Å². The molecule has 0 aromatic heterocycles. The molecule has 1 amide bonds. The second kappa shape index (κ2) is 11.3. The fourth-order valence-corrected chi connectivity index (χ4v) is 1.85. The summed E-state index contributed by atoms with van der Waals surface area (Å²) in [5.41, 5.74) is 2.16. The van der Waals surface area contributed by atoms with Crippen LogP contribution < -0.4 is 16.0 Å². The monoisotopic (exact) mass is 335 g/mol. The standard InChI is InChI=1S/C17H29N5O2/c1-5-18-17(21-13-16(23)22(2)3)20-12-14-6-8-15(9-7-14)19-10-11-24-4/h6-9,19H,5,10-13H2,1-4H3,(H2,18,20,21). The van der Waals surface area contributed by atoms with Crippen molar-refractivity contribution in [3.63, 3.8) is 0 Å². The van der Waals surface area contributed by atoms with Gasteiger partial charge in [-0.1, -0.05) is 12.1 Å². The van der Waals surface area contributed by atoms with Crippen molar-refractivity contribution in [1.29, 1.82) is 0 Å². The fourth-order valence-electron chi connectivity index (χ4n) is 1.85. The lowest BCUT2D eigenvalue weighted by Crippen LogP contribution is -2.42. The molecule has 0 spiro atoms. The van der Waals surface area contributed by atoms with Gasteiger partial charge in [-0.05, 0) is 24.6 Å². The number of hydrogen-bond acceptors (Lipinski definition) is 4. The minimum absolute atomic E-state index is 0.00656. The molecule has 134 valence electrons. The summed E-state index contributed by atoms with van der Waals surface area (Å²) in [7, 11) is 5.15. The van der Waals surface area contributed by atoms with Crippen molar-refractivity contribution in [3.05, 3.63) is 29.8 Å². The van der Waals surface area contributed by atoms with Gasteiger partial charge in [0.2, 0.25) is 5.91 Å². The molecule has 0 radical (unpaired) electrons.